The van der Waals surface area contributed by atoms with Crippen LogP contribution in [0.2, 0.25) is 5.02 Å². The van der Waals surface area contributed by atoms with E-state index in [-0.39, 0.29) is 0 Å². The monoisotopic (exact) mass is 394 g/mol. The van der Waals surface area contributed by atoms with Crippen molar-refractivity contribution < 1.29 is 13.2 Å². The Kier molecular flexibility index (Phi) is 5.98. The van der Waals surface area contributed by atoms with Crippen LogP contribution in [0.4, 0.5) is 11.4 Å². The number of carbonyl (C=O) groups excluding carboxylic acids is 1. The molecule has 0 aliphatic rings. The highest BCUT2D eigenvalue weighted by atomic mass is 35.5. The number of amides is 1. The molecule has 5 nitrogen and oxygen atoms in total. The third kappa shape index (κ3) is 4.56. The van der Waals surface area contributed by atoms with E-state index in [4.69, 9.17) is 11.6 Å². The molecular formula is C19H23ClN2O3S. The van der Waals surface area contributed by atoms with Gasteiger partial charge in [-0.15, -0.1) is 0 Å². The molecule has 26 heavy (non-hydrogen) atoms. The molecule has 0 aromatic heterocycles. The lowest BCUT2D eigenvalue weighted by molar-refractivity contribution is -0.116. The summed E-state index contributed by atoms with van der Waals surface area (Å²) in [5, 5.41) is 3.25. The molecule has 0 aliphatic carbocycles. The van der Waals surface area contributed by atoms with Gasteiger partial charge in [0.05, 0.1) is 11.9 Å². The van der Waals surface area contributed by atoms with Gasteiger partial charge >= 0.3 is 0 Å². The fourth-order valence-corrected chi connectivity index (χ4v) is 4.06. The number of sulfonamides is 1. The van der Waals surface area contributed by atoms with Gasteiger partial charge in [0.25, 0.3) is 0 Å². The van der Waals surface area contributed by atoms with Crippen LogP contribution in [0.3, 0.4) is 0 Å². The van der Waals surface area contributed by atoms with Crippen molar-refractivity contribution in [1.29, 1.82) is 0 Å². The van der Waals surface area contributed by atoms with Crippen molar-refractivity contribution in [2.24, 2.45) is 0 Å². The summed E-state index contributed by atoms with van der Waals surface area (Å²) in [5.74, 6) is -0.418. The molecule has 7 heteroatoms. The molecule has 1 atom stereocenters. The zero-order valence-corrected chi connectivity index (χ0v) is 17.1. The minimum Gasteiger partial charge on any atom is -0.324 e. The number of benzene rings is 2. The quantitative estimate of drug-likeness (QED) is 0.831. The van der Waals surface area contributed by atoms with Crippen molar-refractivity contribution in [3.63, 3.8) is 0 Å². The van der Waals surface area contributed by atoms with Gasteiger partial charge in [-0.25, -0.2) is 8.42 Å². The first-order valence-corrected chi connectivity index (χ1v) is 10.4. The van der Waals surface area contributed by atoms with Crippen molar-refractivity contribution in [1.82, 2.24) is 0 Å². The Bertz CT molecular complexity index is 942. The van der Waals surface area contributed by atoms with Crippen LogP contribution in [-0.2, 0) is 14.8 Å². The highest BCUT2D eigenvalue weighted by Crippen LogP contribution is 2.27. The summed E-state index contributed by atoms with van der Waals surface area (Å²) >= 11 is 6.14. The summed E-state index contributed by atoms with van der Waals surface area (Å²) in [4.78, 5) is 12.7. The Balaban J connectivity index is 2.35. The van der Waals surface area contributed by atoms with Gasteiger partial charge in [-0.1, -0.05) is 35.4 Å². The minimum atomic E-state index is -3.69. The largest absolute Gasteiger partial charge is 0.324 e. The fraction of sp³-hybridized carbons (Fsp3) is 0.316. The fourth-order valence-electron chi connectivity index (χ4n) is 2.72. The summed E-state index contributed by atoms with van der Waals surface area (Å²) in [5.41, 5.74) is 3.83. The van der Waals surface area contributed by atoms with E-state index in [0.29, 0.717) is 16.4 Å². The van der Waals surface area contributed by atoms with Gasteiger partial charge in [-0.05, 0) is 57.0 Å². The highest BCUT2D eigenvalue weighted by molar-refractivity contribution is 7.92. The second kappa shape index (κ2) is 7.68. The molecule has 0 saturated carbocycles. The van der Waals surface area contributed by atoms with Crippen LogP contribution in [0, 0.1) is 20.8 Å². The predicted molar refractivity (Wildman–Crippen MR) is 108 cm³/mol. The van der Waals surface area contributed by atoms with Crippen molar-refractivity contribution in [2.75, 3.05) is 15.9 Å². The van der Waals surface area contributed by atoms with Gasteiger partial charge in [-0.3, -0.25) is 9.10 Å². The van der Waals surface area contributed by atoms with Gasteiger partial charge < -0.3 is 5.32 Å². The number of anilines is 2. The number of nitrogens with zero attached hydrogens (tertiary/aromatic N) is 1. The third-order valence-corrected chi connectivity index (χ3v) is 5.79. The summed E-state index contributed by atoms with van der Waals surface area (Å²) in [7, 11) is -3.69. The topological polar surface area (TPSA) is 66.5 Å². The third-order valence-electron chi connectivity index (χ3n) is 4.14. The van der Waals surface area contributed by atoms with E-state index in [1.807, 2.05) is 39.0 Å². The molecule has 0 heterocycles. The average Bonchev–Trinajstić information content (AvgIpc) is 2.52. The first-order chi connectivity index (χ1) is 12.0. The minimum absolute atomic E-state index is 0.353. The second-order valence-electron chi connectivity index (χ2n) is 6.48. The number of hydrogen-bond acceptors (Lipinski definition) is 3. The van der Waals surface area contributed by atoms with Crippen LogP contribution < -0.4 is 9.62 Å². The molecule has 0 saturated heterocycles. The molecule has 0 bridgehead atoms. The Morgan fingerprint density at radius 2 is 1.73 bits per heavy atom. The van der Waals surface area contributed by atoms with Crippen LogP contribution in [0.1, 0.15) is 23.6 Å². The summed E-state index contributed by atoms with van der Waals surface area (Å²) < 4.78 is 25.8. The molecule has 0 aliphatic heterocycles. The van der Waals surface area contributed by atoms with Crippen molar-refractivity contribution in [3.05, 3.63) is 58.1 Å². The van der Waals surface area contributed by atoms with Crippen molar-refractivity contribution >= 4 is 38.9 Å². The summed E-state index contributed by atoms with van der Waals surface area (Å²) in [6.45, 7) is 7.23. The van der Waals surface area contributed by atoms with Crippen LogP contribution >= 0.6 is 11.6 Å². The second-order valence-corrected chi connectivity index (χ2v) is 8.74. The molecule has 0 fully saturated rings. The number of rotatable bonds is 5. The lowest BCUT2D eigenvalue weighted by atomic mass is 10.1. The van der Waals surface area contributed by atoms with E-state index in [1.165, 1.54) is 0 Å². The van der Waals surface area contributed by atoms with Gasteiger partial charge in [0.1, 0.15) is 6.04 Å². The van der Waals surface area contributed by atoms with Crippen LogP contribution in [0.25, 0.3) is 0 Å². The Labute approximate surface area is 160 Å². The van der Waals surface area contributed by atoms with E-state index in [1.54, 1.807) is 25.1 Å². The van der Waals surface area contributed by atoms with E-state index < -0.39 is 22.0 Å². The molecule has 1 amide bonds. The molecular weight excluding hydrogens is 372 g/mol. The van der Waals surface area contributed by atoms with Gasteiger partial charge in [0.2, 0.25) is 15.9 Å². The van der Waals surface area contributed by atoms with Crippen LogP contribution in [0.15, 0.2) is 36.4 Å². The SMILES string of the molecule is Cc1ccc(NC(=O)[C@@H](C)N(c2ccc(C)c(Cl)c2)S(C)(=O)=O)c(C)c1. The molecule has 0 spiro atoms. The van der Waals surface area contributed by atoms with Gasteiger partial charge in [0.15, 0.2) is 0 Å². The Morgan fingerprint density at radius 1 is 1.08 bits per heavy atom. The Morgan fingerprint density at radius 3 is 2.27 bits per heavy atom. The lowest BCUT2D eigenvalue weighted by Gasteiger charge is -2.28. The van der Waals surface area contributed by atoms with Crippen LogP contribution in [-0.4, -0.2) is 26.6 Å². The Hall–Kier alpha value is -2.05. The van der Waals surface area contributed by atoms with E-state index in [0.717, 1.165) is 27.3 Å². The molecule has 0 radical (unpaired) electrons. The molecule has 2 rings (SSSR count). The molecule has 1 N–H and O–H groups in total. The van der Waals surface area contributed by atoms with Crippen LogP contribution in [0.5, 0.6) is 0 Å². The average molecular weight is 395 g/mol. The summed E-state index contributed by atoms with van der Waals surface area (Å²) in [6, 6.07) is 9.63. The molecule has 0 unspecified atom stereocenters. The molecule has 2 aromatic carbocycles. The van der Waals surface area contributed by atoms with Gasteiger partial charge in [-0.2, -0.15) is 0 Å². The number of nitrogens with one attached hydrogen (secondary N) is 1. The molecule has 140 valence electrons. The zero-order chi connectivity index (χ0) is 19.6. The highest BCUT2D eigenvalue weighted by Gasteiger charge is 2.29. The number of hydrogen-bond donors (Lipinski definition) is 1. The first-order valence-electron chi connectivity index (χ1n) is 8.14. The maximum atomic E-state index is 12.7. The summed E-state index contributed by atoms with van der Waals surface area (Å²) in [6.07, 6.45) is 1.07. The van der Waals surface area contributed by atoms with E-state index in [9.17, 15) is 13.2 Å². The van der Waals surface area contributed by atoms with E-state index in [2.05, 4.69) is 5.32 Å². The number of halogens is 1. The van der Waals surface area contributed by atoms with Crippen molar-refractivity contribution in [2.45, 2.75) is 33.7 Å². The standard InChI is InChI=1S/C19H23ClN2O3S/c1-12-6-9-18(14(3)10-12)21-19(23)15(4)22(26(5,24)25)16-8-7-13(2)17(20)11-16/h6-11,15H,1-5H3,(H,21,23)/t15-/m1/s1. The molecule has 2 aromatic rings. The number of carbonyl (C=O) groups is 1. The smallest absolute Gasteiger partial charge is 0.248 e. The normalized spacial score (nSPS) is 12.5. The first kappa shape index (κ1) is 20.3. The maximum absolute atomic E-state index is 12.7. The number of aryl methyl sites for hydroxylation is 3. The zero-order valence-electron chi connectivity index (χ0n) is 15.5. The lowest BCUT2D eigenvalue weighted by Crippen LogP contribution is -2.45. The van der Waals surface area contributed by atoms with Gasteiger partial charge in [0, 0.05) is 10.7 Å². The van der Waals surface area contributed by atoms with Crippen molar-refractivity contribution in [3.8, 4) is 0 Å². The predicted octanol–water partition coefficient (Wildman–Crippen LogP) is 4.06. The maximum Gasteiger partial charge on any atom is 0.248 e. The van der Waals surface area contributed by atoms with E-state index >= 15 is 0 Å².